The molecule has 170 valence electrons. The van der Waals surface area contributed by atoms with Gasteiger partial charge in [-0.2, -0.15) is 13.2 Å². The van der Waals surface area contributed by atoms with Crippen LogP contribution in [0, 0.1) is 11.7 Å². The number of hydrogen-bond donors (Lipinski definition) is 0. The molecule has 1 aliphatic heterocycles. The Labute approximate surface area is 186 Å². The van der Waals surface area contributed by atoms with Crippen LogP contribution in [0.1, 0.15) is 28.9 Å². The minimum atomic E-state index is -4.48. The number of alkyl halides is 3. The van der Waals surface area contributed by atoms with Crippen molar-refractivity contribution in [2.45, 2.75) is 31.2 Å². The standard InChI is InChI=1S/C23H18F4N4O2/c24-16-4-2-8-28-20(16)15-3-1-7-29-21(15)22(32)31-12-13-9-17(31)18(10-13)33-19-6-5-14(11-30-19)23(25,26)27/h1-8,11,13,17-18H,9-10,12H2/t13-,17+,18-/m1/s1. The van der Waals surface area contributed by atoms with Crippen LogP contribution in [0.25, 0.3) is 11.3 Å². The number of carbonyl (C=O) groups is 1. The van der Waals surface area contributed by atoms with Crippen LogP contribution >= 0.6 is 0 Å². The summed E-state index contributed by atoms with van der Waals surface area (Å²) < 4.78 is 58.5. The number of carbonyl (C=O) groups excluding carboxylic acids is 1. The number of halogens is 4. The molecule has 0 aromatic carbocycles. The van der Waals surface area contributed by atoms with Gasteiger partial charge >= 0.3 is 6.18 Å². The van der Waals surface area contributed by atoms with E-state index in [2.05, 4.69) is 15.0 Å². The molecule has 1 saturated carbocycles. The third-order valence-corrected chi connectivity index (χ3v) is 6.05. The van der Waals surface area contributed by atoms with Crippen LogP contribution in [0.5, 0.6) is 5.88 Å². The summed E-state index contributed by atoms with van der Waals surface area (Å²) in [4.78, 5) is 27.1. The fourth-order valence-corrected chi connectivity index (χ4v) is 4.59. The first-order chi connectivity index (χ1) is 15.8. The molecule has 0 spiro atoms. The molecule has 3 aromatic heterocycles. The number of likely N-dealkylation sites (tertiary alicyclic amines) is 1. The van der Waals surface area contributed by atoms with E-state index in [1.165, 1.54) is 30.6 Å². The SMILES string of the molecule is O=C(c1ncccc1-c1ncccc1F)N1C[C@H]2C[C@@H](Oc3ccc(C(F)(F)F)cn3)[C@@H]1C2. The van der Waals surface area contributed by atoms with Gasteiger partial charge in [0.2, 0.25) is 5.88 Å². The van der Waals surface area contributed by atoms with Crippen molar-refractivity contribution in [2.75, 3.05) is 6.54 Å². The molecular weight excluding hydrogens is 440 g/mol. The van der Waals surface area contributed by atoms with Crippen LogP contribution in [0.15, 0.2) is 55.0 Å². The summed E-state index contributed by atoms with van der Waals surface area (Å²) in [6.45, 7) is 0.504. The Morgan fingerprint density at radius 3 is 2.52 bits per heavy atom. The van der Waals surface area contributed by atoms with Gasteiger partial charge in [0.1, 0.15) is 23.3 Å². The van der Waals surface area contributed by atoms with Crippen molar-refractivity contribution >= 4 is 5.91 Å². The van der Waals surface area contributed by atoms with Crippen molar-refractivity contribution in [2.24, 2.45) is 5.92 Å². The van der Waals surface area contributed by atoms with Gasteiger partial charge in [0.15, 0.2) is 0 Å². The van der Waals surface area contributed by atoms with Crippen LogP contribution in [0.3, 0.4) is 0 Å². The van der Waals surface area contributed by atoms with Gasteiger partial charge < -0.3 is 9.64 Å². The quantitative estimate of drug-likeness (QED) is 0.543. The highest BCUT2D eigenvalue weighted by Crippen LogP contribution is 2.41. The molecule has 0 radical (unpaired) electrons. The molecule has 6 nitrogen and oxygen atoms in total. The van der Waals surface area contributed by atoms with Gasteiger partial charge in [-0.15, -0.1) is 0 Å². The number of ether oxygens (including phenoxy) is 1. The van der Waals surface area contributed by atoms with Crippen LogP contribution < -0.4 is 4.74 Å². The normalized spacial score (nSPS) is 21.9. The molecule has 0 unspecified atom stereocenters. The maximum atomic E-state index is 14.3. The summed E-state index contributed by atoms with van der Waals surface area (Å²) in [5.74, 6) is -0.659. The Bertz CT molecular complexity index is 1190. The van der Waals surface area contributed by atoms with Gasteiger partial charge in [0.25, 0.3) is 5.91 Å². The maximum absolute atomic E-state index is 14.3. The summed E-state index contributed by atoms with van der Waals surface area (Å²) in [6, 6.07) is 7.76. The number of amides is 1. The van der Waals surface area contributed by atoms with E-state index in [1.54, 1.807) is 17.0 Å². The summed E-state index contributed by atoms with van der Waals surface area (Å²) in [5.41, 5.74) is -0.427. The predicted molar refractivity (Wildman–Crippen MR) is 109 cm³/mol. The minimum Gasteiger partial charge on any atom is -0.472 e. The van der Waals surface area contributed by atoms with E-state index >= 15 is 0 Å². The van der Waals surface area contributed by atoms with E-state index in [1.807, 2.05) is 0 Å². The summed E-state index contributed by atoms with van der Waals surface area (Å²) in [7, 11) is 0. The van der Waals surface area contributed by atoms with Gasteiger partial charge in [0.05, 0.1) is 11.6 Å². The van der Waals surface area contributed by atoms with E-state index in [4.69, 9.17) is 4.74 Å². The monoisotopic (exact) mass is 458 g/mol. The molecule has 5 rings (SSSR count). The fraction of sp³-hybridized carbons (Fsp3) is 0.304. The van der Waals surface area contributed by atoms with Crippen molar-refractivity contribution in [3.63, 3.8) is 0 Å². The maximum Gasteiger partial charge on any atom is 0.417 e. The first-order valence-electron chi connectivity index (χ1n) is 10.4. The second kappa shape index (κ2) is 8.09. The number of pyridine rings is 3. The Morgan fingerprint density at radius 1 is 1.03 bits per heavy atom. The molecule has 10 heteroatoms. The fourth-order valence-electron chi connectivity index (χ4n) is 4.59. The van der Waals surface area contributed by atoms with Crippen molar-refractivity contribution in [1.29, 1.82) is 0 Å². The first-order valence-corrected chi connectivity index (χ1v) is 10.4. The van der Waals surface area contributed by atoms with Gasteiger partial charge in [-0.05, 0) is 49.1 Å². The topological polar surface area (TPSA) is 68.2 Å². The number of fused-ring (bicyclic) bond motifs is 2. The van der Waals surface area contributed by atoms with Crippen molar-refractivity contribution in [1.82, 2.24) is 19.9 Å². The molecule has 2 aliphatic rings. The van der Waals surface area contributed by atoms with Crippen molar-refractivity contribution in [3.8, 4) is 17.1 Å². The van der Waals surface area contributed by atoms with Crippen LogP contribution in [-0.2, 0) is 6.18 Å². The molecule has 2 fully saturated rings. The predicted octanol–water partition coefficient (Wildman–Crippen LogP) is 4.38. The van der Waals surface area contributed by atoms with E-state index < -0.39 is 23.7 Å². The molecule has 33 heavy (non-hydrogen) atoms. The van der Waals surface area contributed by atoms with E-state index in [-0.39, 0.29) is 35.1 Å². The third-order valence-electron chi connectivity index (χ3n) is 6.05. The molecule has 4 heterocycles. The van der Waals surface area contributed by atoms with E-state index in [0.717, 1.165) is 12.3 Å². The Hall–Kier alpha value is -3.56. The highest BCUT2D eigenvalue weighted by atomic mass is 19.4. The lowest BCUT2D eigenvalue weighted by Gasteiger charge is -2.33. The zero-order valence-electron chi connectivity index (χ0n) is 17.2. The largest absolute Gasteiger partial charge is 0.472 e. The van der Waals surface area contributed by atoms with E-state index in [0.29, 0.717) is 24.9 Å². The van der Waals surface area contributed by atoms with Crippen LogP contribution in [-0.4, -0.2) is 44.4 Å². The zero-order valence-corrected chi connectivity index (χ0v) is 17.2. The molecular formula is C23H18F4N4O2. The number of hydrogen-bond acceptors (Lipinski definition) is 5. The van der Waals surface area contributed by atoms with Crippen LogP contribution in [0.2, 0.25) is 0 Å². The molecule has 1 saturated heterocycles. The lowest BCUT2D eigenvalue weighted by atomic mass is 10.0. The second-order valence-electron chi connectivity index (χ2n) is 8.13. The van der Waals surface area contributed by atoms with Gasteiger partial charge in [0, 0.05) is 36.8 Å². The van der Waals surface area contributed by atoms with Crippen LogP contribution in [0.4, 0.5) is 17.6 Å². The number of aromatic nitrogens is 3. The summed E-state index contributed by atoms with van der Waals surface area (Å²) >= 11 is 0. The Kier molecular flexibility index (Phi) is 5.22. The molecule has 2 bridgehead atoms. The second-order valence-corrected chi connectivity index (χ2v) is 8.13. The van der Waals surface area contributed by atoms with Crippen molar-refractivity contribution in [3.05, 3.63) is 72.1 Å². The number of nitrogens with zero attached hydrogens (tertiary/aromatic N) is 4. The Morgan fingerprint density at radius 2 is 1.82 bits per heavy atom. The van der Waals surface area contributed by atoms with Crippen molar-refractivity contribution < 1.29 is 27.1 Å². The summed E-state index contributed by atoms with van der Waals surface area (Å²) in [5, 5.41) is 0. The third kappa shape index (κ3) is 4.01. The van der Waals surface area contributed by atoms with Gasteiger partial charge in [-0.1, -0.05) is 0 Å². The number of rotatable bonds is 4. The van der Waals surface area contributed by atoms with Gasteiger partial charge in [-0.3, -0.25) is 14.8 Å². The van der Waals surface area contributed by atoms with Gasteiger partial charge in [-0.25, -0.2) is 9.37 Å². The lowest BCUT2D eigenvalue weighted by molar-refractivity contribution is -0.137. The first kappa shape index (κ1) is 21.3. The Balaban J connectivity index is 1.37. The van der Waals surface area contributed by atoms with E-state index in [9.17, 15) is 22.4 Å². The average molecular weight is 458 g/mol. The number of piperidine rings is 1. The molecule has 3 aromatic rings. The molecule has 0 N–H and O–H groups in total. The zero-order chi connectivity index (χ0) is 23.2. The lowest BCUT2D eigenvalue weighted by Crippen LogP contribution is -2.47. The summed E-state index contributed by atoms with van der Waals surface area (Å²) in [6.07, 6.45) is 0.125. The molecule has 1 aliphatic carbocycles. The highest BCUT2D eigenvalue weighted by Gasteiger charge is 2.49. The average Bonchev–Trinajstić information content (AvgIpc) is 3.39. The molecule has 3 atom stereocenters. The minimum absolute atomic E-state index is 0.0417. The highest BCUT2D eigenvalue weighted by molar-refractivity contribution is 5.99. The smallest absolute Gasteiger partial charge is 0.417 e. The molecule has 1 amide bonds.